The zero-order valence-corrected chi connectivity index (χ0v) is 14.3. The lowest BCUT2D eigenvalue weighted by molar-refractivity contribution is -0.140. The molecule has 130 valence electrons. The zero-order chi connectivity index (χ0) is 18.0. The Labute approximate surface area is 145 Å². The van der Waals surface area contributed by atoms with Gasteiger partial charge in [0.25, 0.3) is 5.56 Å². The van der Waals surface area contributed by atoms with Gasteiger partial charge in [0.15, 0.2) is 0 Å². The highest BCUT2D eigenvalue weighted by Gasteiger charge is 2.14. The molecule has 0 spiro atoms. The maximum Gasteiger partial charge on any atom is 0.337 e. The summed E-state index contributed by atoms with van der Waals surface area (Å²) in [6.07, 6.45) is 0. The molecule has 0 fully saturated rings. The number of hydrogen-bond acceptors (Lipinski definition) is 9. The number of fused-ring (bicyclic) bond motifs is 2. The lowest BCUT2D eigenvalue weighted by Crippen LogP contribution is -2.18. The van der Waals surface area contributed by atoms with E-state index in [2.05, 4.69) is 20.1 Å². The highest BCUT2D eigenvalue weighted by molar-refractivity contribution is 7.20. The molecular weight excluding hydrogens is 348 g/mol. The van der Waals surface area contributed by atoms with Crippen LogP contribution in [-0.4, -0.2) is 46.8 Å². The largest absolute Gasteiger partial charge is 0.465 e. The molecule has 0 saturated carbocycles. The van der Waals surface area contributed by atoms with E-state index in [0.717, 1.165) is 15.9 Å². The molecule has 9 nitrogen and oxygen atoms in total. The van der Waals surface area contributed by atoms with Gasteiger partial charge >= 0.3 is 11.9 Å². The van der Waals surface area contributed by atoms with Crippen molar-refractivity contribution < 1.29 is 19.1 Å². The minimum atomic E-state index is -0.509. The van der Waals surface area contributed by atoms with Gasteiger partial charge in [-0.25, -0.2) is 9.78 Å². The molecule has 0 unspecified atom stereocenters. The summed E-state index contributed by atoms with van der Waals surface area (Å²) in [6, 6.07) is 4.50. The molecule has 1 N–H and O–H groups in total. The fraction of sp³-hybridized carbons (Fsp3) is 0.267. The maximum atomic E-state index is 12.5. The van der Waals surface area contributed by atoms with Gasteiger partial charge in [0.1, 0.15) is 6.54 Å². The highest BCUT2D eigenvalue weighted by Crippen LogP contribution is 2.19. The lowest BCUT2D eigenvalue weighted by Gasteiger charge is -2.01. The number of esters is 2. The SMILES string of the molecule is CCOC(=O)CNc1nn2c(=O)c3ccc(C(=O)OC)cc3nc2s1. The molecular formula is C15H14N4O5S. The second-order valence-corrected chi connectivity index (χ2v) is 5.86. The first kappa shape index (κ1) is 16.8. The highest BCUT2D eigenvalue weighted by atomic mass is 32.1. The van der Waals surface area contributed by atoms with Crippen LogP contribution in [0.1, 0.15) is 17.3 Å². The van der Waals surface area contributed by atoms with Crippen LogP contribution in [0, 0.1) is 0 Å². The number of carbonyl (C=O) groups excluding carboxylic acids is 2. The molecule has 2 aromatic heterocycles. The monoisotopic (exact) mass is 362 g/mol. The second-order valence-electron chi connectivity index (χ2n) is 4.90. The number of anilines is 1. The van der Waals surface area contributed by atoms with Crippen LogP contribution in [0.5, 0.6) is 0 Å². The minimum absolute atomic E-state index is 0.0611. The number of benzene rings is 1. The number of carbonyl (C=O) groups is 2. The molecule has 1 aromatic carbocycles. The quantitative estimate of drug-likeness (QED) is 0.671. The molecule has 3 rings (SSSR count). The molecule has 0 aliphatic rings. The first-order chi connectivity index (χ1) is 12.0. The summed E-state index contributed by atoms with van der Waals surface area (Å²) >= 11 is 1.11. The van der Waals surface area contributed by atoms with Crippen molar-refractivity contribution in [1.82, 2.24) is 14.6 Å². The van der Waals surface area contributed by atoms with E-state index in [0.29, 0.717) is 26.6 Å². The zero-order valence-electron chi connectivity index (χ0n) is 13.4. The molecule has 3 aromatic rings. The summed E-state index contributed by atoms with van der Waals surface area (Å²) in [5.74, 6) is -0.931. The van der Waals surface area contributed by atoms with Crippen molar-refractivity contribution in [2.45, 2.75) is 6.92 Å². The van der Waals surface area contributed by atoms with E-state index in [1.165, 1.54) is 25.3 Å². The molecule has 0 saturated heterocycles. The van der Waals surface area contributed by atoms with Crippen LogP contribution in [0.4, 0.5) is 5.13 Å². The summed E-state index contributed by atoms with van der Waals surface area (Å²) in [5.41, 5.74) is 0.307. The number of nitrogens with zero attached hydrogens (tertiary/aromatic N) is 3. The summed E-state index contributed by atoms with van der Waals surface area (Å²) in [4.78, 5) is 40.2. The Hall–Kier alpha value is -3.01. The third-order valence-corrected chi connectivity index (χ3v) is 4.17. The Morgan fingerprint density at radius 1 is 1.36 bits per heavy atom. The first-order valence-electron chi connectivity index (χ1n) is 7.35. The van der Waals surface area contributed by atoms with Crippen molar-refractivity contribution in [3.05, 3.63) is 34.1 Å². The third kappa shape index (κ3) is 3.29. The van der Waals surface area contributed by atoms with Crippen LogP contribution in [0.25, 0.3) is 15.9 Å². The normalized spacial score (nSPS) is 10.8. The van der Waals surface area contributed by atoms with Crippen LogP contribution >= 0.6 is 11.3 Å². The average Bonchev–Trinajstić information content (AvgIpc) is 3.02. The Bertz CT molecular complexity index is 1030. The number of ether oxygens (including phenoxy) is 2. The van der Waals surface area contributed by atoms with E-state index >= 15 is 0 Å². The van der Waals surface area contributed by atoms with Gasteiger partial charge in [0.05, 0.1) is 30.2 Å². The summed E-state index contributed by atoms with van der Waals surface area (Å²) in [5, 5.41) is 7.60. The standard InChI is InChI=1S/C15H14N4O5S/c1-3-24-11(20)7-16-14-18-19-12(21)9-5-4-8(13(22)23-2)6-10(9)17-15(19)25-14/h4-6H,3,7H2,1-2H3,(H,16,18). The number of aromatic nitrogens is 3. The van der Waals surface area contributed by atoms with Crippen LogP contribution in [0.2, 0.25) is 0 Å². The second kappa shape index (κ2) is 6.85. The lowest BCUT2D eigenvalue weighted by atomic mass is 10.1. The van der Waals surface area contributed by atoms with Crippen LogP contribution in [0.3, 0.4) is 0 Å². The fourth-order valence-electron chi connectivity index (χ4n) is 2.18. The van der Waals surface area contributed by atoms with Crippen molar-refractivity contribution in [3.63, 3.8) is 0 Å². The molecule has 0 atom stereocenters. The van der Waals surface area contributed by atoms with Gasteiger partial charge in [0, 0.05) is 0 Å². The smallest absolute Gasteiger partial charge is 0.337 e. The Balaban J connectivity index is 1.99. The number of methoxy groups -OCH3 is 1. The van der Waals surface area contributed by atoms with Gasteiger partial charge in [-0.2, -0.15) is 4.52 Å². The number of rotatable bonds is 5. The van der Waals surface area contributed by atoms with Crippen molar-refractivity contribution in [2.75, 3.05) is 25.6 Å². The van der Waals surface area contributed by atoms with E-state index in [9.17, 15) is 14.4 Å². The molecule has 2 heterocycles. The van der Waals surface area contributed by atoms with E-state index in [4.69, 9.17) is 4.74 Å². The van der Waals surface area contributed by atoms with E-state index < -0.39 is 11.9 Å². The first-order valence-corrected chi connectivity index (χ1v) is 8.16. The average molecular weight is 362 g/mol. The van der Waals surface area contributed by atoms with Gasteiger partial charge < -0.3 is 14.8 Å². The molecule has 0 aliphatic carbocycles. The molecule has 0 amide bonds. The van der Waals surface area contributed by atoms with E-state index in [-0.39, 0.29) is 18.7 Å². The summed E-state index contributed by atoms with van der Waals surface area (Å²) in [6.45, 7) is 1.94. The van der Waals surface area contributed by atoms with E-state index in [1.54, 1.807) is 6.92 Å². The molecule has 0 aliphatic heterocycles. The predicted octanol–water partition coefficient (Wildman–Crippen LogP) is 1.07. The molecule has 0 radical (unpaired) electrons. The van der Waals surface area contributed by atoms with Gasteiger partial charge in [-0.05, 0) is 25.1 Å². The van der Waals surface area contributed by atoms with Crippen molar-refractivity contribution in [2.24, 2.45) is 0 Å². The van der Waals surface area contributed by atoms with Gasteiger partial charge in [0.2, 0.25) is 10.1 Å². The van der Waals surface area contributed by atoms with Crippen molar-refractivity contribution in [3.8, 4) is 0 Å². The van der Waals surface area contributed by atoms with Gasteiger partial charge in [-0.3, -0.25) is 9.59 Å². The van der Waals surface area contributed by atoms with Gasteiger partial charge in [-0.1, -0.05) is 11.3 Å². The van der Waals surface area contributed by atoms with Crippen molar-refractivity contribution >= 4 is 44.3 Å². The summed E-state index contributed by atoms with van der Waals surface area (Å²) in [7, 11) is 1.28. The van der Waals surface area contributed by atoms with E-state index in [1.807, 2.05) is 0 Å². The minimum Gasteiger partial charge on any atom is -0.465 e. The van der Waals surface area contributed by atoms with Gasteiger partial charge in [-0.15, -0.1) is 5.10 Å². The maximum absolute atomic E-state index is 12.5. The Morgan fingerprint density at radius 3 is 2.88 bits per heavy atom. The molecule has 10 heteroatoms. The van der Waals surface area contributed by atoms with Crippen LogP contribution < -0.4 is 10.9 Å². The molecule has 25 heavy (non-hydrogen) atoms. The fourth-order valence-corrected chi connectivity index (χ4v) is 2.98. The summed E-state index contributed by atoms with van der Waals surface area (Å²) < 4.78 is 10.6. The van der Waals surface area contributed by atoms with Crippen LogP contribution in [0.15, 0.2) is 23.0 Å². The Kier molecular flexibility index (Phi) is 4.61. The van der Waals surface area contributed by atoms with Crippen LogP contribution in [-0.2, 0) is 14.3 Å². The number of nitrogens with one attached hydrogen (secondary N) is 1. The molecule has 0 bridgehead atoms. The number of hydrogen-bond donors (Lipinski definition) is 1. The predicted molar refractivity (Wildman–Crippen MR) is 91.1 cm³/mol. The topological polar surface area (TPSA) is 112 Å². The van der Waals surface area contributed by atoms with Crippen molar-refractivity contribution in [1.29, 1.82) is 0 Å². The Morgan fingerprint density at radius 2 is 2.16 bits per heavy atom. The third-order valence-electron chi connectivity index (χ3n) is 3.31.